The molecule has 0 unspecified atom stereocenters. The predicted octanol–water partition coefficient (Wildman–Crippen LogP) is 3.62. The first-order chi connectivity index (χ1) is 14.0. The maximum atomic E-state index is 13.3. The molecule has 6 nitrogen and oxygen atoms in total. The molecule has 8 heteroatoms. The minimum absolute atomic E-state index is 0.164. The monoisotopic (exact) mass is 425 g/mol. The summed E-state index contributed by atoms with van der Waals surface area (Å²) in [7, 11) is -3.99. The summed E-state index contributed by atoms with van der Waals surface area (Å²) in [6.07, 6.45) is 2.95. The first kappa shape index (κ1) is 19.4. The number of allylic oxidation sites excluding steroid dienone is 1. The SMILES string of the molecule is Cc1ccc(CN2c3ccsc3C(=O)C(=CNCc3ccccn3)S2(=O)=O)cc1. The Balaban J connectivity index is 1.67. The minimum Gasteiger partial charge on any atom is -0.384 e. The number of nitrogens with one attached hydrogen (secondary N) is 1. The first-order valence-electron chi connectivity index (χ1n) is 9.01. The van der Waals surface area contributed by atoms with Gasteiger partial charge in [-0.15, -0.1) is 11.3 Å². The summed E-state index contributed by atoms with van der Waals surface area (Å²) >= 11 is 1.25. The number of carbonyl (C=O) groups excluding carboxylic acids is 1. The number of pyridine rings is 1. The van der Waals surface area contributed by atoms with Crippen LogP contribution in [0.3, 0.4) is 0 Å². The average Bonchev–Trinajstić information content (AvgIpc) is 3.20. The molecular formula is C21H19N3O3S2. The van der Waals surface area contributed by atoms with Gasteiger partial charge >= 0.3 is 0 Å². The molecule has 1 N–H and O–H groups in total. The maximum absolute atomic E-state index is 13.3. The van der Waals surface area contributed by atoms with E-state index in [1.807, 2.05) is 43.3 Å². The van der Waals surface area contributed by atoms with E-state index in [9.17, 15) is 13.2 Å². The number of aromatic nitrogens is 1. The second kappa shape index (κ2) is 7.81. The Hall–Kier alpha value is -2.97. The maximum Gasteiger partial charge on any atom is 0.270 e. The van der Waals surface area contributed by atoms with Crippen molar-refractivity contribution in [1.82, 2.24) is 10.3 Å². The van der Waals surface area contributed by atoms with E-state index in [0.717, 1.165) is 16.8 Å². The van der Waals surface area contributed by atoms with Crippen LogP contribution in [0, 0.1) is 6.92 Å². The zero-order valence-corrected chi connectivity index (χ0v) is 17.3. The van der Waals surface area contributed by atoms with Crippen LogP contribution in [0.15, 0.2) is 71.2 Å². The lowest BCUT2D eigenvalue weighted by atomic mass is 10.1. The number of sulfonamides is 1. The van der Waals surface area contributed by atoms with Gasteiger partial charge in [0.15, 0.2) is 4.91 Å². The predicted molar refractivity (Wildman–Crippen MR) is 114 cm³/mol. The highest BCUT2D eigenvalue weighted by molar-refractivity contribution is 7.97. The number of anilines is 1. The molecular weight excluding hydrogens is 406 g/mol. The van der Waals surface area contributed by atoms with E-state index in [0.29, 0.717) is 17.1 Å². The number of benzene rings is 1. The van der Waals surface area contributed by atoms with Gasteiger partial charge < -0.3 is 5.32 Å². The molecule has 0 aliphatic carbocycles. The fraction of sp³-hybridized carbons (Fsp3) is 0.143. The molecule has 0 saturated carbocycles. The third kappa shape index (κ3) is 3.81. The van der Waals surface area contributed by atoms with Gasteiger partial charge in [-0.25, -0.2) is 8.42 Å². The van der Waals surface area contributed by atoms with Crippen LogP contribution in [0.2, 0.25) is 0 Å². The molecule has 29 heavy (non-hydrogen) atoms. The second-order valence-electron chi connectivity index (χ2n) is 6.67. The van der Waals surface area contributed by atoms with Crippen molar-refractivity contribution < 1.29 is 13.2 Å². The van der Waals surface area contributed by atoms with Crippen molar-refractivity contribution in [2.75, 3.05) is 4.31 Å². The number of ketones is 1. The van der Waals surface area contributed by atoms with E-state index in [1.165, 1.54) is 21.8 Å². The van der Waals surface area contributed by atoms with E-state index in [2.05, 4.69) is 10.3 Å². The quantitative estimate of drug-likeness (QED) is 0.632. The van der Waals surface area contributed by atoms with E-state index in [-0.39, 0.29) is 11.4 Å². The highest BCUT2D eigenvalue weighted by atomic mass is 32.2. The molecule has 4 rings (SSSR count). The van der Waals surface area contributed by atoms with Crippen molar-refractivity contribution in [3.63, 3.8) is 0 Å². The molecule has 0 fully saturated rings. The first-order valence-corrected chi connectivity index (χ1v) is 11.3. The number of Topliss-reactive ketones (excluding diaryl/α,β-unsaturated/α-hetero) is 1. The van der Waals surface area contributed by atoms with E-state index in [4.69, 9.17) is 0 Å². The third-order valence-corrected chi connectivity index (χ3v) is 7.27. The molecule has 0 radical (unpaired) electrons. The summed E-state index contributed by atoms with van der Waals surface area (Å²) in [5, 5.41) is 4.67. The number of thiophene rings is 1. The van der Waals surface area contributed by atoms with Crippen LogP contribution in [0.5, 0.6) is 0 Å². The molecule has 0 atom stereocenters. The fourth-order valence-corrected chi connectivity index (χ4v) is 5.57. The Morgan fingerprint density at radius 1 is 1.14 bits per heavy atom. The Kier molecular flexibility index (Phi) is 5.21. The molecule has 3 aromatic rings. The van der Waals surface area contributed by atoms with Crippen LogP contribution in [0.25, 0.3) is 0 Å². The summed E-state index contributed by atoms with van der Waals surface area (Å²) in [5.41, 5.74) is 3.13. The second-order valence-corrected chi connectivity index (χ2v) is 9.42. The summed E-state index contributed by atoms with van der Waals surface area (Å²) in [4.78, 5) is 17.2. The Bertz CT molecular complexity index is 1170. The number of hydrogen-bond acceptors (Lipinski definition) is 6. The zero-order valence-electron chi connectivity index (χ0n) is 15.7. The average molecular weight is 426 g/mol. The number of rotatable bonds is 5. The standard InChI is InChI=1S/C21H19N3O3S2/c1-15-5-7-16(8-6-15)14-24-18-9-11-28-21(18)20(25)19(29(24,26)27)13-22-12-17-4-2-3-10-23-17/h2-11,13,22H,12,14H2,1H3. The van der Waals surface area contributed by atoms with Crippen molar-refractivity contribution >= 4 is 32.8 Å². The molecule has 2 aromatic heterocycles. The summed E-state index contributed by atoms with van der Waals surface area (Å²) in [5.74, 6) is -0.483. The fourth-order valence-electron chi connectivity index (χ4n) is 3.07. The van der Waals surface area contributed by atoms with Crippen molar-refractivity contribution in [1.29, 1.82) is 0 Å². The van der Waals surface area contributed by atoms with E-state index in [1.54, 1.807) is 23.7 Å². The number of nitrogens with zero attached hydrogens (tertiary/aromatic N) is 2. The molecule has 148 valence electrons. The minimum atomic E-state index is -3.99. The lowest BCUT2D eigenvalue weighted by Crippen LogP contribution is -2.38. The summed E-state index contributed by atoms with van der Waals surface area (Å²) in [6.45, 7) is 2.46. The Labute approximate surface area is 173 Å². The molecule has 1 aromatic carbocycles. The molecule has 0 spiro atoms. The third-order valence-electron chi connectivity index (χ3n) is 4.60. The topological polar surface area (TPSA) is 79.4 Å². The van der Waals surface area contributed by atoms with Gasteiger partial charge in [-0.05, 0) is 36.1 Å². The van der Waals surface area contributed by atoms with Gasteiger partial charge in [0.2, 0.25) is 5.78 Å². The Morgan fingerprint density at radius 3 is 2.66 bits per heavy atom. The number of hydrogen-bond donors (Lipinski definition) is 1. The van der Waals surface area contributed by atoms with Crippen LogP contribution in [0.4, 0.5) is 5.69 Å². The van der Waals surface area contributed by atoms with Crippen molar-refractivity contribution in [3.05, 3.63) is 92.9 Å². The number of carbonyl (C=O) groups is 1. The molecule has 0 amide bonds. The molecule has 0 bridgehead atoms. The molecule has 0 saturated heterocycles. The lowest BCUT2D eigenvalue weighted by Gasteiger charge is -2.29. The summed E-state index contributed by atoms with van der Waals surface area (Å²) < 4.78 is 27.9. The van der Waals surface area contributed by atoms with Gasteiger partial charge in [0, 0.05) is 12.4 Å². The molecule has 3 heterocycles. The van der Waals surface area contributed by atoms with Crippen LogP contribution in [0.1, 0.15) is 26.5 Å². The highest BCUT2D eigenvalue weighted by Gasteiger charge is 2.41. The highest BCUT2D eigenvalue weighted by Crippen LogP contribution is 2.39. The van der Waals surface area contributed by atoms with Crippen LogP contribution >= 0.6 is 11.3 Å². The van der Waals surface area contributed by atoms with Crippen LogP contribution < -0.4 is 9.62 Å². The largest absolute Gasteiger partial charge is 0.384 e. The lowest BCUT2D eigenvalue weighted by molar-refractivity contribution is 0.104. The van der Waals surface area contributed by atoms with E-state index >= 15 is 0 Å². The van der Waals surface area contributed by atoms with Crippen molar-refractivity contribution in [3.8, 4) is 0 Å². The van der Waals surface area contributed by atoms with Gasteiger partial charge in [-0.2, -0.15) is 0 Å². The van der Waals surface area contributed by atoms with Crippen molar-refractivity contribution in [2.24, 2.45) is 0 Å². The Morgan fingerprint density at radius 2 is 1.93 bits per heavy atom. The van der Waals surface area contributed by atoms with Gasteiger partial charge in [0.1, 0.15) is 4.88 Å². The van der Waals surface area contributed by atoms with Crippen LogP contribution in [-0.4, -0.2) is 19.2 Å². The smallest absolute Gasteiger partial charge is 0.270 e. The molecule has 1 aliphatic rings. The number of aryl methyl sites for hydroxylation is 1. The van der Waals surface area contributed by atoms with E-state index < -0.39 is 15.8 Å². The van der Waals surface area contributed by atoms with Gasteiger partial charge in [0.25, 0.3) is 10.0 Å². The number of fused-ring (bicyclic) bond motifs is 1. The zero-order chi connectivity index (χ0) is 20.4. The summed E-state index contributed by atoms with van der Waals surface area (Å²) in [6, 6.07) is 14.8. The van der Waals surface area contributed by atoms with Gasteiger partial charge in [-0.3, -0.25) is 14.1 Å². The van der Waals surface area contributed by atoms with Crippen LogP contribution in [-0.2, 0) is 23.1 Å². The van der Waals surface area contributed by atoms with Crippen molar-refractivity contribution in [2.45, 2.75) is 20.0 Å². The van der Waals surface area contributed by atoms with Gasteiger partial charge in [0.05, 0.1) is 24.5 Å². The molecule has 1 aliphatic heterocycles. The van der Waals surface area contributed by atoms with Gasteiger partial charge in [-0.1, -0.05) is 35.9 Å². The normalized spacial score (nSPS) is 16.7.